The number of H-pyrrole nitrogens is 2. The number of amides is 1. The Kier molecular flexibility index (Phi) is 7.98. The lowest BCUT2D eigenvalue weighted by atomic mass is 9.98. The zero-order chi connectivity index (χ0) is 30.8. The van der Waals surface area contributed by atoms with Crippen molar-refractivity contribution in [2.75, 3.05) is 13.7 Å². The highest BCUT2D eigenvalue weighted by molar-refractivity contribution is 5.95. The van der Waals surface area contributed by atoms with Crippen LogP contribution in [0, 0.1) is 11.6 Å². The summed E-state index contributed by atoms with van der Waals surface area (Å²) in [7, 11) is 1.60. The Labute approximate surface area is 251 Å². The van der Waals surface area contributed by atoms with Crippen LogP contribution in [0.25, 0.3) is 22.3 Å². The lowest BCUT2D eigenvalue weighted by Crippen LogP contribution is -2.50. The van der Waals surface area contributed by atoms with E-state index in [-0.39, 0.29) is 29.6 Å². The summed E-state index contributed by atoms with van der Waals surface area (Å²) in [5.74, 6) is -1.43. The number of methoxy groups -OCH3 is 1. The minimum Gasteiger partial charge on any atom is -0.497 e. The van der Waals surface area contributed by atoms with Gasteiger partial charge in [0.15, 0.2) is 0 Å². The Morgan fingerprint density at radius 3 is 2.64 bits per heavy atom. The van der Waals surface area contributed by atoms with E-state index in [9.17, 15) is 23.5 Å². The van der Waals surface area contributed by atoms with Gasteiger partial charge in [-0.1, -0.05) is 12.1 Å². The molecule has 3 heterocycles. The molecule has 0 bridgehead atoms. The maximum absolute atomic E-state index is 14.0. The second-order valence-electron chi connectivity index (χ2n) is 11.1. The number of nitrogens with zero attached hydrogens (tertiary/aromatic N) is 1. The number of aliphatic hydroxyl groups is 1. The number of benzene rings is 2. The molecular weight excluding hydrogens is 568 g/mol. The smallest absolute Gasteiger partial charge is 0.251 e. The number of carbonyl (C=O) groups excluding carboxylic acids is 1. The molecule has 0 spiro atoms. The highest BCUT2D eigenvalue weighted by Crippen LogP contribution is 2.46. The molecule has 2 aromatic carbocycles. The van der Waals surface area contributed by atoms with E-state index in [2.05, 4.69) is 25.6 Å². The zero-order valence-corrected chi connectivity index (χ0v) is 23.9. The van der Waals surface area contributed by atoms with Crippen LogP contribution in [0.5, 0.6) is 5.75 Å². The number of hydrogen-bond acceptors (Lipinski definition) is 6. The van der Waals surface area contributed by atoms with Crippen molar-refractivity contribution in [3.63, 3.8) is 0 Å². The molecule has 0 unspecified atom stereocenters. The van der Waals surface area contributed by atoms with Crippen molar-refractivity contribution in [2.24, 2.45) is 0 Å². The van der Waals surface area contributed by atoms with Gasteiger partial charge in [0.1, 0.15) is 23.0 Å². The first-order chi connectivity index (χ1) is 21.2. The SMILES string of the molecule is COc1cccc(C2(NC[C@@H](O)[C@H](Cc3cc(F)cc(F)c3)NC(=O)c3cc(-c4cnc5[nH]ccc5c4)[nH]c(=O)c3)CC2)c1. The van der Waals surface area contributed by atoms with Crippen LogP contribution in [0.3, 0.4) is 0 Å². The second kappa shape index (κ2) is 12.0. The lowest BCUT2D eigenvalue weighted by molar-refractivity contribution is 0.0822. The van der Waals surface area contributed by atoms with Crippen molar-refractivity contribution in [3.05, 3.63) is 118 Å². The van der Waals surface area contributed by atoms with Gasteiger partial charge in [0.05, 0.1) is 24.9 Å². The largest absolute Gasteiger partial charge is 0.497 e. The van der Waals surface area contributed by atoms with E-state index >= 15 is 0 Å². The van der Waals surface area contributed by atoms with Gasteiger partial charge in [-0.2, -0.15) is 0 Å². The Hall–Kier alpha value is -4.87. The summed E-state index contributed by atoms with van der Waals surface area (Å²) in [5.41, 5.74) is 2.16. The van der Waals surface area contributed by atoms with E-state index in [1.165, 1.54) is 6.07 Å². The monoisotopic (exact) mass is 599 g/mol. The van der Waals surface area contributed by atoms with Gasteiger partial charge in [0.2, 0.25) is 5.56 Å². The topological polar surface area (TPSA) is 132 Å². The molecule has 9 nitrogen and oxygen atoms in total. The van der Waals surface area contributed by atoms with Crippen LogP contribution in [0.4, 0.5) is 8.78 Å². The van der Waals surface area contributed by atoms with Crippen LogP contribution in [0.15, 0.2) is 83.9 Å². The number of halogens is 2. The minimum atomic E-state index is -1.14. The first kappa shape index (κ1) is 29.2. The fraction of sp³-hybridized carbons (Fsp3) is 0.242. The molecule has 0 aliphatic heterocycles. The molecule has 3 aromatic heterocycles. The molecule has 0 saturated heterocycles. The van der Waals surface area contributed by atoms with Gasteiger partial charge in [-0.25, -0.2) is 13.8 Å². The lowest BCUT2D eigenvalue weighted by Gasteiger charge is -2.27. The quantitative estimate of drug-likeness (QED) is 0.155. The van der Waals surface area contributed by atoms with Gasteiger partial charge in [-0.05, 0) is 72.9 Å². The number of aliphatic hydroxyl groups excluding tert-OH is 1. The number of aromatic amines is 2. The van der Waals surface area contributed by atoms with Crippen LogP contribution in [0.2, 0.25) is 0 Å². The van der Waals surface area contributed by atoms with E-state index in [1.807, 2.05) is 36.4 Å². The summed E-state index contributed by atoms with van der Waals surface area (Å²) < 4.78 is 33.4. The maximum atomic E-state index is 14.0. The zero-order valence-electron chi connectivity index (χ0n) is 23.9. The van der Waals surface area contributed by atoms with E-state index in [4.69, 9.17) is 4.74 Å². The third-order valence-electron chi connectivity index (χ3n) is 8.00. The first-order valence-electron chi connectivity index (χ1n) is 14.2. The van der Waals surface area contributed by atoms with Gasteiger partial charge in [0.25, 0.3) is 5.91 Å². The number of carbonyl (C=O) groups is 1. The normalized spacial score (nSPS) is 15.1. The van der Waals surface area contributed by atoms with Crippen molar-refractivity contribution in [1.29, 1.82) is 0 Å². The molecule has 1 aliphatic rings. The maximum Gasteiger partial charge on any atom is 0.251 e. The fourth-order valence-corrected chi connectivity index (χ4v) is 5.49. The molecule has 1 fully saturated rings. The molecule has 5 aromatic rings. The van der Waals surface area contributed by atoms with Crippen LogP contribution >= 0.6 is 0 Å². The van der Waals surface area contributed by atoms with E-state index in [1.54, 1.807) is 19.5 Å². The van der Waals surface area contributed by atoms with Crippen molar-refractivity contribution in [3.8, 4) is 17.0 Å². The summed E-state index contributed by atoms with van der Waals surface area (Å²) in [6.07, 6.45) is 3.82. The van der Waals surface area contributed by atoms with E-state index in [0.29, 0.717) is 16.9 Å². The Morgan fingerprint density at radius 1 is 1.09 bits per heavy atom. The Bertz CT molecular complexity index is 1860. The van der Waals surface area contributed by atoms with Gasteiger partial charge < -0.3 is 30.4 Å². The van der Waals surface area contributed by atoms with Crippen LogP contribution in [-0.2, 0) is 12.0 Å². The molecule has 0 radical (unpaired) electrons. The molecule has 11 heteroatoms. The van der Waals surface area contributed by atoms with Crippen LogP contribution < -0.4 is 20.9 Å². The van der Waals surface area contributed by atoms with Crippen molar-refractivity contribution in [1.82, 2.24) is 25.6 Å². The average molecular weight is 600 g/mol. The number of ether oxygens (including phenoxy) is 1. The van der Waals surface area contributed by atoms with Gasteiger partial charge in [-0.3, -0.25) is 9.59 Å². The summed E-state index contributed by atoms with van der Waals surface area (Å²) in [6, 6.07) is 16.2. The predicted molar refractivity (Wildman–Crippen MR) is 161 cm³/mol. The number of rotatable bonds is 11. The standard InChI is InChI=1S/C33H31F2N5O4/c1-44-26-4-2-3-23(15-26)33(6-7-33)38-18-29(41)28(11-19-9-24(34)16-25(35)10-19)40-32(43)21-13-27(39-30(42)14-21)22-12-20-5-8-36-31(20)37-17-22/h2-5,8-10,12-17,28-29,38,41H,6-7,11,18H2,1H3,(H,36,37)(H,39,42)(H,40,43)/t28-,29+/m0/s1. The molecule has 6 rings (SSSR count). The minimum absolute atomic E-state index is 0.0560. The number of pyridine rings is 2. The summed E-state index contributed by atoms with van der Waals surface area (Å²) in [4.78, 5) is 36.2. The van der Waals surface area contributed by atoms with Crippen molar-refractivity contribution >= 4 is 16.9 Å². The third kappa shape index (κ3) is 6.38. The van der Waals surface area contributed by atoms with Crippen molar-refractivity contribution in [2.45, 2.75) is 36.9 Å². The Morgan fingerprint density at radius 2 is 1.89 bits per heavy atom. The average Bonchev–Trinajstić information content (AvgIpc) is 3.66. The molecule has 2 atom stereocenters. The number of nitrogens with one attached hydrogen (secondary N) is 4. The molecule has 1 aliphatic carbocycles. The predicted octanol–water partition coefficient (Wildman–Crippen LogP) is 4.19. The number of aromatic nitrogens is 3. The number of hydrogen-bond donors (Lipinski definition) is 5. The van der Waals surface area contributed by atoms with Crippen LogP contribution in [-0.4, -0.2) is 51.8 Å². The van der Waals surface area contributed by atoms with E-state index in [0.717, 1.165) is 53.8 Å². The third-order valence-corrected chi connectivity index (χ3v) is 8.00. The second-order valence-corrected chi connectivity index (χ2v) is 11.1. The molecule has 1 amide bonds. The molecular formula is C33H31F2N5O4. The number of fused-ring (bicyclic) bond motifs is 1. The van der Waals surface area contributed by atoms with Crippen LogP contribution in [0.1, 0.15) is 34.3 Å². The fourth-order valence-electron chi connectivity index (χ4n) is 5.49. The first-order valence-corrected chi connectivity index (χ1v) is 14.2. The Balaban J connectivity index is 1.24. The molecule has 226 valence electrons. The summed E-state index contributed by atoms with van der Waals surface area (Å²) in [5, 5.41) is 18.4. The molecule has 5 N–H and O–H groups in total. The molecule has 44 heavy (non-hydrogen) atoms. The highest BCUT2D eigenvalue weighted by atomic mass is 19.1. The summed E-state index contributed by atoms with van der Waals surface area (Å²) in [6.45, 7) is 0.0862. The summed E-state index contributed by atoms with van der Waals surface area (Å²) >= 11 is 0. The van der Waals surface area contributed by atoms with E-state index < -0.39 is 35.2 Å². The van der Waals surface area contributed by atoms with Gasteiger partial charge in [0, 0.05) is 53.1 Å². The van der Waals surface area contributed by atoms with Gasteiger partial charge in [-0.15, -0.1) is 0 Å². The van der Waals surface area contributed by atoms with Crippen molar-refractivity contribution < 1.29 is 23.4 Å². The highest BCUT2D eigenvalue weighted by Gasteiger charge is 2.44. The van der Waals surface area contributed by atoms with Gasteiger partial charge >= 0.3 is 0 Å². The molecule has 1 saturated carbocycles.